The van der Waals surface area contributed by atoms with Crippen LogP contribution in [0.15, 0.2) is 82.4 Å². The van der Waals surface area contributed by atoms with Crippen LogP contribution in [0.1, 0.15) is 41.3 Å². The molecule has 0 bridgehead atoms. The Morgan fingerprint density at radius 2 is 1.51 bits per heavy atom. The number of rotatable bonds is 9. The van der Waals surface area contributed by atoms with Crippen molar-refractivity contribution >= 4 is 38.5 Å². The van der Waals surface area contributed by atoms with Gasteiger partial charge < -0.3 is 9.57 Å². The molecule has 35 heavy (non-hydrogen) atoms. The highest BCUT2D eigenvalue weighted by molar-refractivity contribution is 9.10. The van der Waals surface area contributed by atoms with Crippen molar-refractivity contribution < 1.29 is 14.4 Å². The highest BCUT2D eigenvalue weighted by Gasteiger charge is 2.25. The molecule has 0 atom stereocenters. The zero-order valence-electron chi connectivity index (χ0n) is 19.6. The molecular weight excluding hydrogens is 528 g/mol. The molecule has 5 nitrogen and oxygen atoms in total. The number of nitrogens with zero attached hydrogens (tertiary/aromatic N) is 2. The number of hydrogen-bond acceptors (Lipinski definition) is 5. The quantitative estimate of drug-likeness (QED) is 0.158. The van der Waals surface area contributed by atoms with E-state index in [9.17, 15) is 4.79 Å². The lowest BCUT2D eigenvalue weighted by atomic mass is 9.88. The minimum Gasteiger partial charge on any atom is -0.457 e. The number of ether oxygens (including phenoxy) is 1. The highest BCUT2D eigenvalue weighted by Crippen LogP contribution is 2.26. The van der Waals surface area contributed by atoms with Crippen LogP contribution in [0.5, 0.6) is 11.5 Å². The lowest BCUT2D eigenvalue weighted by Gasteiger charge is -2.32. The van der Waals surface area contributed by atoms with Crippen LogP contribution in [-0.4, -0.2) is 35.6 Å². The molecular formula is C28H28BrClN2O3. The smallest absolute Gasteiger partial charge is 0.252 e. The summed E-state index contributed by atoms with van der Waals surface area (Å²) >= 11 is 9.00. The van der Waals surface area contributed by atoms with Gasteiger partial charge in [0.1, 0.15) is 18.1 Å². The Morgan fingerprint density at radius 1 is 0.943 bits per heavy atom. The van der Waals surface area contributed by atoms with E-state index in [1.165, 1.54) is 5.56 Å². The molecule has 1 heterocycles. The summed E-state index contributed by atoms with van der Waals surface area (Å²) < 4.78 is 6.94. The summed E-state index contributed by atoms with van der Waals surface area (Å²) in [5, 5.41) is 4.00. The second-order valence-electron chi connectivity index (χ2n) is 8.50. The monoisotopic (exact) mass is 554 g/mol. The molecule has 7 heteroatoms. The Bertz CT molecular complexity index is 1140. The molecule has 0 aromatic heterocycles. The molecule has 0 aliphatic carbocycles. The predicted octanol–water partition coefficient (Wildman–Crippen LogP) is 7.27. The van der Waals surface area contributed by atoms with E-state index < -0.39 is 5.24 Å². The highest BCUT2D eigenvalue weighted by atomic mass is 79.9. The van der Waals surface area contributed by atoms with Crippen molar-refractivity contribution in [3.8, 4) is 11.5 Å². The van der Waals surface area contributed by atoms with Gasteiger partial charge in [-0.2, -0.15) is 0 Å². The molecule has 0 N–H and O–H groups in total. The third-order valence-corrected chi connectivity index (χ3v) is 6.80. The third-order valence-electron chi connectivity index (χ3n) is 6.05. The van der Waals surface area contributed by atoms with Crippen molar-refractivity contribution in [1.82, 2.24) is 4.90 Å². The zero-order chi connectivity index (χ0) is 24.6. The van der Waals surface area contributed by atoms with Crippen molar-refractivity contribution in [2.75, 3.05) is 19.7 Å². The molecule has 1 aliphatic heterocycles. The first-order valence-electron chi connectivity index (χ1n) is 11.8. The molecule has 1 saturated heterocycles. The van der Waals surface area contributed by atoms with Crippen molar-refractivity contribution in [3.63, 3.8) is 0 Å². The van der Waals surface area contributed by atoms with E-state index in [1.807, 2.05) is 19.1 Å². The largest absolute Gasteiger partial charge is 0.457 e. The van der Waals surface area contributed by atoms with Gasteiger partial charge in [0, 0.05) is 22.5 Å². The summed E-state index contributed by atoms with van der Waals surface area (Å²) in [6.45, 7) is 5.44. The van der Waals surface area contributed by atoms with Crippen LogP contribution in [0.3, 0.4) is 0 Å². The molecule has 0 radical (unpaired) electrons. The minimum atomic E-state index is -0.476. The van der Waals surface area contributed by atoms with E-state index >= 15 is 0 Å². The predicted molar refractivity (Wildman–Crippen MR) is 143 cm³/mol. The van der Waals surface area contributed by atoms with Gasteiger partial charge in [-0.1, -0.05) is 45.4 Å². The molecule has 3 aromatic carbocycles. The normalized spacial score (nSPS) is 15.1. The van der Waals surface area contributed by atoms with Crippen LogP contribution in [0.4, 0.5) is 0 Å². The molecule has 1 aliphatic rings. The summed E-state index contributed by atoms with van der Waals surface area (Å²) in [5.74, 6) is 1.80. The van der Waals surface area contributed by atoms with Crippen LogP contribution >= 0.6 is 27.5 Å². The average Bonchev–Trinajstić information content (AvgIpc) is 2.88. The van der Waals surface area contributed by atoms with Gasteiger partial charge in [0.15, 0.2) is 0 Å². The minimum absolute atomic E-state index is 0.384. The fraction of sp³-hybridized carbons (Fsp3) is 0.286. The molecule has 1 fully saturated rings. The maximum absolute atomic E-state index is 11.2. The van der Waals surface area contributed by atoms with Gasteiger partial charge >= 0.3 is 0 Å². The van der Waals surface area contributed by atoms with E-state index in [4.69, 9.17) is 21.2 Å². The fourth-order valence-electron chi connectivity index (χ4n) is 4.19. The van der Waals surface area contributed by atoms with Crippen molar-refractivity contribution in [2.45, 2.75) is 26.3 Å². The number of benzene rings is 3. The molecule has 182 valence electrons. The number of carbonyl (C=O) groups is 1. The molecule has 3 aromatic rings. The van der Waals surface area contributed by atoms with Gasteiger partial charge in [0.05, 0.1) is 5.71 Å². The first-order valence-corrected chi connectivity index (χ1v) is 12.9. The second-order valence-corrected chi connectivity index (χ2v) is 9.75. The second kappa shape index (κ2) is 12.3. The first kappa shape index (κ1) is 25.4. The average molecular weight is 556 g/mol. The fourth-order valence-corrected chi connectivity index (χ4v) is 4.58. The molecule has 0 spiro atoms. The Balaban J connectivity index is 1.31. The maximum Gasteiger partial charge on any atom is 0.252 e. The Kier molecular flexibility index (Phi) is 8.96. The van der Waals surface area contributed by atoms with E-state index in [0.29, 0.717) is 23.8 Å². The van der Waals surface area contributed by atoms with E-state index in [1.54, 1.807) is 24.3 Å². The summed E-state index contributed by atoms with van der Waals surface area (Å²) in [5.41, 5.74) is 3.87. The molecule has 0 unspecified atom stereocenters. The Hall–Kier alpha value is -2.67. The lowest BCUT2D eigenvalue weighted by molar-refractivity contribution is 0.108. The van der Waals surface area contributed by atoms with E-state index in [-0.39, 0.29) is 0 Å². The number of piperidine rings is 1. The topological polar surface area (TPSA) is 51.1 Å². The van der Waals surface area contributed by atoms with Crippen molar-refractivity contribution in [3.05, 3.63) is 94.0 Å². The van der Waals surface area contributed by atoms with Crippen LogP contribution in [0.2, 0.25) is 0 Å². The van der Waals surface area contributed by atoms with Crippen LogP contribution in [0, 0.1) is 5.92 Å². The molecule has 0 amide bonds. The Labute approximate surface area is 219 Å². The summed E-state index contributed by atoms with van der Waals surface area (Å²) in [4.78, 5) is 19.1. The summed E-state index contributed by atoms with van der Waals surface area (Å²) in [7, 11) is 0. The van der Waals surface area contributed by atoms with Gasteiger partial charge in [-0.3, -0.25) is 9.69 Å². The third kappa shape index (κ3) is 7.17. The SMILES string of the molecule is CCO/N=C(/c1ccc(Br)cc1)C1CCN(Cc2ccc(Oc3ccc(C(=O)Cl)cc3)cc2)CC1. The van der Waals surface area contributed by atoms with Gasteiger partial charge in [-0.15, -0.1) is 0 Å². The first-order chi connectivity index (χ1) is 17.0. The van der Waals surface area contributed by atoms with Gasteiger partial charge in [-0.05, 0) is 104 Å². The van der Waals surface area contributed by atoms with Gasteiger partial charge in [-0.25, -0.2) is 0 Å². The number of carbonyl (C=O) groups excluding carboxylic acids is 1. The number of oxime groups is 1. The van der Waals surface area contributed by atoms with E-state index in [0.717, 1.165) is 54.0 Å². The van der Waals surface area contributed by atoms with Crippen LogP contribution < -0.4 is 4.74 Å². The van der Waals surface area contributed by atoms with Crippen LogP contribution in [0.25, 0.3) is 0 Å². The molecule has 0 saturated carbocycles. The zero-order valence-corrected chi connectivity index (χ0v) is 22.0. The number of likely N-dealkylation sites (tertiary alicyclic amines) is 1. The summed E-state index contributed by atoms with van der Waals surface area (Å²) in [6.07, 6.45) is 2.09. The molecule has 4 rings (SSSR count). The standard InChI is InChI=1S/C28H28BrClN2O3/c1-2-34-31-27(21-5-9-24(29)10-6-21)22-15-17-32(18-16-22)19-20-3-11-25(12-4-20)35-26-13-7-23(8-14-26)28(30)33/h3-14,22H,2,15-19H2,1H3/b31-27-. The van der Waals surface area contributed by atoms with Gasteiger partial charge in [0.25, 0.3) is 5.24 Å². The van der Waals surface area contributed by atoms with E-state index in [2.05, 4.69) is 62.4 Å². The van der Waals surface area contributed by atoms with Gasteiger partial charge in [0.2, 0.25) is 0 Å². The van der Waals surface area contributed by atoms with Crippen molar-refractivity contribution in [2.24, 2.45) is 11.1 Å². The maximum atomic E-state index is 11.2. The van der Waals surface area contributed by atoms with Crippen LogP contribution in [-0.2, 0) is 11.4 Å². The number of hydrogen-bond donors (Lipinski definition) is 0. The Morgan fingerprint density at radius 3 is 2.09 bits per heavy atom. The summed E-state index contributed by atoms with van der Waals surface area (Å²) in [6, 6.07) is 23.2. The number of halogens is 2. The van der Waals surface area contributed by atoms with Crippen molar-refractivity contribution in [1.29, 1.82) is 0 Å². The lowest BCUT2D eigenvalue weighted by Crippen LogP contribution is -2.36.